The molecule has 3 heterocycles. The molecule has 4 aromatic carbocycles. The van der Waals surface area contributed by atoms with Crippen molar-refractivity contribution in [1.82, 2.24) is 0 Å². The van der Waals surface area contributed by atoms with Gasteiger partial charge in [-0.3, -0.25) is 14.4 Å². The van der Waals surface area contributed by atoms with E-state index in [1.807, 2.05) is 62.4 Å². The number of esters is 3. The molecule has 0 amide bonds. The zero-order valence-corrected chi connectivity index (χ0v) is 46.0. The van der Waals surface area contributed by atoms with Crippen LogP contribution >= 0.6 is 0 Å². The van der Waals surface area contributed by atoms with Crippen LogP contribution in [0.25, 0.3) is 0 Å². The van der Waals surface area contributed by atoms with E-state index in [2.05, 4.69) is 114 Å². The van der Waals surface area contributed by atoms with Crippen LogP contribution in [0, 0.1) is 0 Å². The number of carbonyl (C=O) groups is 3. The van der Waals surface area contributed by atoms with Crippen LogP contribution in [0.4, 0.5) is 0 Å². The number of benzene rings is 4. The molecule has 4 aromatic rings. The van der Waals surface area contributed by atoms with E-state index in [-0.39, 0.29) is 36.5 Å². The van der Waals surface area contributed by atoms with Gasteiger partial charge in [-0.25, -0.2) is 0 Å². The van der Waals surface area contributed by atoms with Crippen molar-refractivity contribution in [3.8, 4) is 0 Å². The van der Waals surface area contributed by atoms with Gasteiger partial charge in [-0.1, -0.05) is 163 Å². The molecule has 0 aromatic heterocycles. The monoisotopic (exact) mass is 1030 g/mol. The third-order valence-corrected chi connectivity index (χ3v) is 23.4. The Kier molecular flexibility index (Phi) is 18.0. The van der Waals surface area contributed by atoms with Crippen molar-refractivity contribution in [2.75, 3.05) is 40.6 Å². The quantitative estimate of drug-likeness (QED) is 0.0793. The largest absolute Gasteiger partial charge is 0.463 e. The molecule has 0 radical (unpaired) electrons. The molecule has 8 atom stereocenters. The van der Waals surface area contributed by atoms with E-state index in [4.69, 9.17) is 51.5 Å². The Morgan fingerprint density at radius 1 is 0.542 bits per heavy atom. The van der Waals surface area contributed by atoms with E-state index < -0.39 is 88.5 Å². The van der Waals surface area contributed by atoms with Crippen LogP contribution < -0.4 is 20.7 Å². The van der Waals surface area contributed by atoms with Crippen LogP contribution in [0.2, 0.25) is 10.1 Å². The van der Waals surface area contributed by atoms with Gasteiger partial charge in [0.25, 0.3) is 16.6 Å². The average molecular weight is 1030 g/mol. The molecule has 0 spiro atoms. The fourth-order valence-electron chi connectivity index (χ4n) is 10.5. The van der Waals surface area contributed by atoms with Gasteiger partial charge < -0.3 is 56.6 Å². The Morgan fingerprint density at radius 2 is 0.944 bits per heavy atom. The summed E-state index contributed by atoms with van der Waals surface area (Å²) in [4.78, 5) is 35.9. The molecule has 7 rings (SSSR count). The van der Waals surface area contributed by atoms with Crippen molar-refractivity contribution in [3.63, 3.8) is 0 Å². The number of hydrogen-bond acceptors (Lipinski definition) is 15. The summed E-state index contributed by atoms with van der Waals surface area (Å²) >= 11 is 0. The molecule has 1 N–H and O–H groups in total. The SMILES string of the molecule is CO[C@H]1[C@@H](OC(C)=O)C(OC(C)=O)O[C@]1(COC(C)=O)CO[Si](c1ccccc1)(c1ccccc1)C(C)(C)C.CO[C@H]1[C@H]2OC(C)(C)O[C@H]2O[C@]1(CO)CO[Si](c1ccccc1)(c1ccccc1)C(C)(C)C. The number of fused-ring (bicyclic) bond motifs is 1. The molecule has 72 heavy (non-hydrogen) atoms. The Bertz CT molecular complexity index is 2320. The zero-order chi connectivity index (χ0) is 52.8. The van der Waals surface area contributed by atoms with Gasteiger partial charge in [-0.05, 0) is 44.7 Å². The molecule has 1 unspecified atom stereocenters. The van der Waals surface area contributed by atoms with Gasteiger partial charge in [0.1, 0.15) is 30.5 Å². The second kappa shape index (κ2) is 22.9. The molecule has 0 saturated carbocycles. The molecule has 3 fully saturated rings. The minimum absolute atomic E-state index is 0.110. The number of aliphatic hydroxyl groups is 1. The fraction of sp³-hybridized carbons (Fsp3) is 0.509. The topological polar surface area (TPSA) is 173 Å². The molecular formula is C55H74O15Si2. The number of carbonyl (C=O) groups excluding carboxylic acids is 3. The maximum absolute atomic E-state index is 12.0. The van der Waals surface area contributed by atoms with Crippen LogP contribution in [0.5, 0.6) is 0 Å². The summed E-state index contributed by atoms with van der Waals surface area (Å²) < 4.78 is 66.7. The van der Waals surface area contributed by atoms with Crippen molar-refractivity contribution >= 4 is 55.3 Å². The first-order valence-electron chi connectivity index (χ1n) is 24.3. The molecule has 3 aliphatic rings. The third-order valence-electron chi connectivity index (χ3n) is 13.5. The van der Waals surface area contributed by atoms with Gasteiger partial charge in [-0.15, -0.1) is 0 Å². The minimum Gasteiger partial charge on any atom is -0.463 e. The minimum atomic E-state index is -3.06. The molecule has 3 saturated heterocycles. The maximum atomic E-state index is 12.0. The first kappa shape index (κ1) is 56.7. The standard InChI is InChI=1S/C29H38O9Si.C26H36O6Si/c1-20(30)34-18-29(26(33-7)25(36-21(2)31)27(38-29)37-22(3)32)19-35-39(28(4,5)6,23-14-10-8-11-15-23)24-16-12-9-13-17-24;1-24(2,3)33(19-13-9-7-10-14-19,20-15-11-8-12-16-20)29-18-26(17-27)22(28-6)21-23(32-26)31-25(4,5)30-21/h8-17,25-27H,18-19H2,1-7H3;7-16,21-23,27H,17-18H2,1-6H3/t25-,26+,27?,29-;21-,22+,23+,26-/m11/s1. The number of hydrogen-bond donors (Lipinski definition) is 1. The predicted molar refractivity (Wildman–Crippen MR) is 275 cm³/mol. The number of methoxy groups -OCH3 is 2. The highest BCUT2D eigenvalue weighted by atomic mass is 28.4. The summed E-state index contributed by atoms with van der Waals surface area (Å²) in [7, 11) is -2.85. The summed E-state index contributed by atoms with van der Waals surface area (Å²) in [6, 6.07) is 40.8. The number of ether oxygens (including phenoxy) is 9. The van der Waals surface area contributed by atoms with E-state index in [1.54, 1.807) is 7.11 Å². The Hall–Kier alpha value is -4.64. The van der Waals surface area contributed by atoms with Crippen molar-refractivity contribution in [2.24, 2.45) is 0 Å². The maximum Gasteiger partial charge on any atom is 0.305 e. The highest BCUT2D eigenvalue weighted by molar-refractivity contribution is 7.00. The molecule has 17 heteroatoms. The average Bonchev–Trinajstić information content (AvgIpc) is 3.90. The van der Waals surface area contributed by atoms with Gasteiger partial charge in [0, 0.05) is 35.0 Å². The first-order valence-corrected chi connectivity index (χ1v) is 28.1. The number of rotatable bonds is 17. The van der Waals surface area contributed by atoms with Crippen LogP contribution in [0.15, 0.2) is 121 Å². The highest BCUT2D eigenvalue weighted by Gasteiger charge is 2.65. The lowest BCUT2D eigenvalue weighted by molar-refractivity contribution is -0.253. The van der Waals surface area contributed by atoms with E-state index in [9.17, 15) is 19.5 Å². The Balaban J connectivity index is 0.000000238. The van der Waals surface area contributed by atoms with E-state index in [0.29, 0.717) is 0 Å². The van der Waals surface area contributed by atoms with Crippen molar-refractivity contribution < 1.29 is 71.0 Å². The summed E-state index contributed by atoms with van der Waals surface area (Å²) in [5, 5.41) is 14.4. The smallest absolute Gasteiger partial charge is 0.305 e. The van der Waals surface area contributed by atoms with Gasteiger partial charge in [0.05, 0.1) is 19.8 Å². The Morgan fingerprint density at radius 3 is 1.29 bits per heavy atom. The van der Waals surface area contributed by atoms with Crippen LogP contribution in [-0.2, 0) is 65.9 Å². The second-order valence-electron chi connectivity index (χ2n) is 21.0. The van der Waals surface area contributed by atoms with Crippen molar-refractivity contribution in [1.29, 1.82) is 0 Å². The molecular weight excluding hydrogens is 957 g/mol. The Labute approximate surface area is 426 Å². The zero-order valence-electron chi connectivity index (χ0n) is 44.0. The molecule has 392 valence electrons. The van der Waals surface area contributed by atoms with Gasteiger partial charge in [-0.2, -0.15) is 0 Å². The first-order chi connectivity index (χ1) is 33.9. The lowest BCUT2D eigenvalue weighted by atomic mass is 9.96. The predicted octanol–water partition coefficient (Wildman–Crippen LogP) is 5.55. The molecule has 0 bridgehead atoms. The van der Waals surface area contributed by atoms with Crippen LogP contribution in [0.3, 0.4) is 0 Å². The summed E-state index contributed by atoms with van der Waals surface area (Å²) in [5.41, 5.74) is -2.57. The van der Waals surface area contributed by atoms with Crippen molar-refractivity contribution in [2.45, 2.75) is 140 Å². The molecule has 15 nitrogen and oxygen atoms in total. The molecule has 0 aliphatic carbocycles. The number of aliphatic hydroxyl groups excluding tert-OH is 1. The lowest BCUT2D eigenvalue weighted by Gasteiger charge is -2.45. The van der Waals surface area contributed by atoms with Gasteiger partial charge in [0.15, 0.2) is 23.8 Å². The summed E-state index contributed by atoms with van der Waals surface area (Å²) in [6.07, 6.45) is -5.00. The lowest BCUT2D eigenvalue weighted by Crippen LogP contribution is -2.68. The van der Waals surface area contributed by atoms with Crippen molar-refractivity contribution in [3.05, 3.63) is 121 Å². The summed E-state index contributed by atoms with van der Waals surface area (Å²) in [6.45, 7) is 20.0. The van der Waals surface area contributed by atoms with Crippen LogP contribution in [0.1, 0.15) is 76.2 Å². The van der Waals surface area contributed by atoms with Crippen LogP contribution in [-0.4, -0.2) is 134 Å². The fourth-order valence-corrected chi connectivity index (χ4v) is 19.7. The van der Waals surface area contributed by atoms with E-state index in [0.717, 1.165) is 20.7 Å². The van der Waals surface area contributed by atoms with E-state index >= 15 is 0 Å². The van der Waals surface area contributed by atoms with E-state index in [1.165, 1.54) is 27.9 Å². The van der Waals surface area contributed by atoms with Gasteiger partial charge in [0.2, 0.25) is 6.29 Å². The second-order valence-corrected chi connectivity index (χ2v) is 29.7. The molecule has 3 aliphatic heterocycles. The third kappa shape index (κ3) is 11.7. The normalized spacial score (nSPS) is 26.0. The summed E-state index contributed by atoms with van der Waals surface area (Å²) in [5.74, 6) is -2.56. The van der Waals surface area contributed by atoms with Gasteiger partial charge >= 0.3 is 17.9 Å². The highest BCUT2D eigenvalue weighted by Crippen LogP contribution is 2.46.